The van der Waals surface area contributed by atoms with Crippen LogP contribution in [0.25, 0.3) is 5.70 Å². The molecule has 3 nitrogen and oxygen atoms in total. The fraction of sp³-hybridized carbons (Fsp3) is 0.385. The maximum Gasteiger partial charge on any atom is 0.118 e. The molecule has 2 rings (SSSR count). The second kappa shape index (κ2) is 5.03. The molecule has 0 atom stereocenters. The Bertz CT molecular complexity index is 353. The normalized spacial score (nSPS) is 15.9. The minimum atomic E-state index is 0.787. The number of nitrogens with zero attached hydrogens (tertiary/aromatic N) is 1. The van der Waals surface area contributed by atoms with Crippen LogP contribution in [0.3, 0.4) is 0 Å². The van der Waals surface area contributed by atoms with Crippen molar-refractivity contribution >= 4 is 5.70 Å². The summed E-state index contributed by atoms with van der Waals surface area (Å²) in [4.78, 5) is 2.26. The molecule has 0 amide bonds. The van der Waals surface area contributed by atoms with E-state index in [9.17, 15) is 0 Å². The van der Waals surface area contributed by atoms with Gasteiger partial charge in [0.1, 0.15) is 5.75 Å². The van der Waals surface area contributed by atoms with Gasteiger partial charge >= 0.3 is 0 Å². The van der Waals surface area contributed by atoms with Gasteiger partial charge in [0.2, 0.25) is 0 Å². The second-order valence-electron chi connectivity index (χ2n) is 3.77. The molecule has 0 N–H and O–H groups in total. The van der Waals surface area contributed by atoms with Crippen LogP contribution < -0.4 is 4.74 Å². The molecule has 16 heavy (non-hydrogen) atoms. The summed E-state index contributed by atoms with van der Waals surface area (Å²) in [6.07, 6.45) is 0. The van der Waals surface area contributed by atoms with Gasteiger partial charge in [-0.05, 0) is 29.8 Å². The number of hydrogen-bond acceptors (Lipinski definition) is 3. The largest absolute Gasteiger partial charge is 0.497 e. The van der Waals surface area contributed by atoms with Crippen LogP contribution in [-0.2, 0) is 4.74 Å². The van der Waals surface area contributed by atoms with Crippen molar-refractivity contribution in [2.75, 3.05) is 33.4 Å². The van der Waals surface area contributed by atoms with Gasteiger partial charge in [0.15, 0.2) is 0 Å². The standard InChI is InChI=1S/C13H17NO2/c1-11(14-7-9-16-10-8-14)12-3-5-13(15-2)6-4-12/h3-6H,1,7-10H2,2H3. The molecule has 1 aromatic carbocycles. The van der Waals surface area contributed by atoms with Crippen LogP contribution in [0.15, 0.2) is 30.8 Å². The van der Waals surface area contributed by atoms with E-state index in [4.69, 9.17) is 9.47 Å². The molecule has 0 radical (unpaired) electrons. The van der Waals surface area contributed by atoms with Crippen LogP contribution in [0.4, 0.5) is 0 Å². The van der Waals surface area contributed by atoms with E-state index in [0.717, 1.165) is 43.3 Å². The molecule has 1 fully saturated rings. The lowest BCUT2D eigenvalue weighted by Crippen LogP contribution is -2.34. The van der Waals surface area contributed by atoms with Crippen molar-refractivity contribution in [1.29, 1.82) is 0 Å². The zero-order valence-electron chi connectivity index (χ0n) is 9.61. The lowest BCUT2D eigenvalue weighted by Gasteiger charge is -2.30. The molecule has 3 heteroatoms. The van der Waals surface area contributed by atoms with E-state index in [1.54, 1.807) is 7.11 Å². The Morgan fingerprint density at radius 1 is 1.25 bits per heavy atom. The predicted octanol–water partition coefficient (Wildman–Crippen LogP) is 2.00. The van der Waals surface area contributed by atoms with Gasteiger partial charge in [-0.2, -0.15) is 0 Å². The first kappa shape index (κ1) is 11.0. The number of benzene rings is 1. The summed E-state index contributed by atoms with van der Waals surface area (Å²) in [7, 11) is 1.67. The molecule has 1 saturated heterocycles. The summed E-state index contributed by atoms with van der Waals surface area (Å²) in [5.74, 6) is 0.874. The molecular formula is C13H17NO2. The Hall–Kier alpha value is -1.48. The van der Waals surface area contributed by atoms with Crippen molar-refractivity contribution in [3.63, 3.8) is 0 Å². The zero-order chi connectivity index (χ0) is 11.4. The van der Waals surface area contributed by atoms with Gasteiger partial charge in [-0.1, -0.05) is 6.58 Å². The Balaban J connectivity index is 2.07. The fourth-order valence-corrected chi connectivity index (χ4v) is 1.80. The van der Waals surface area contributed by atoms with Crippen molar-refractivity contribution in [2.45, 2.75) is 0 Å². The molecule has 0 unspecified atom stereocenters. The van der Waals surface area contributed by atoms with E-state index >= 15 is 0 Å². The number of rotatable bonds is 3. The van der Waals surface area contributed by atoms with Crippen LogP contribution in [-0.4, -0.2) is 38.3 Å². The third kappa shape index (κ3) is 2.36. The lowest BCUT2D eigenvalue weighted by atomic mass is 10.1. The van der Waals surface area contributed by atoms with Crippen molar-refractivity contribution in [2.24, 2.45) is 0 Å². The van der Waals surface area contributed by atoms with Gasteiger partial charge < -0.3 is 14.4 Å². The minimum Gasteiger partial charge on any atom is -0.497 e. The second-order valence-corrected chi connectivity index (χ2v) is 3.77. The van der Waals surface area contributed by atoms with Crippen LogP contribution in [0.1, 0.15) is 5.56 Å². The molecule has 1 heterocycles. The van der Waals surface area contributed by atoms with Crippen LogP contribution in [0, 0.1) is 0 Å². The van der Waals surface area contributed by atoms with E-state index in [0.29, 0.717) is 0 Å². The minimum absolute atomic E-state index is 0.787. The molecule has 1 aliphatic rings. The summed E-state index contributed by atoms with van der Waals surface area (Å²) in [5.41, 5.74) is 2.20. The SMILES string of the molecule is C=C(c1ccc(OC)cc1)N1CCOCC1. The highest BCUT2D eigenvalue weighted by Gasteiger charge is 2.13. The van der Waals surface area contributed by atoms with Crippen molar-refractivity contribution in [3.8, 4) is 5.75 Å². The van der Waals surface area contributed by atoms with Gasteiger partial charge in [0.05, 0.1) is 20.3 Å². The molecular weight excluding hydrogens is 202 g/mol. The molecule has 0 spiro atoms. The predicted molar refractivity (Wildman–Crippen MR) is 64.4 cm³/mol. The summed E-state index contributed by atoms with van der Waals surface area (Å²) in [5, 5.41) is 0. The first-order valence-corrected chi connectivity index (χ1v) is 5.47. The smallest absolute Gasteiger partial charge is 0.118 e. The van der Waals surface area contributed by atoms with Gasteiger partial charge in [0, 0.05) is 18.8 Å². The average Bonchev–Trinajstić information content (AvgIpc) is 2.39. The van der Waals surface area contributed by atoms with Crippen molar-refractivity contribution in [3.05, 3.63) is 36.4 Å². The fourth-order valence-electron chi connectivity index (χ4n) is 1.80. The molecule has 0 saturated carbocycles. The van der Waals surface area contributed by atoms with Gasteiger partial charge in [-0.15, -0.1) is 0 Å². The Kier molecular flexibility index (Phi) is 3.47. The lowest BCUT2D eigenvalue weighted by molar-refractivity contribution is 0.0641. The van der Waals surface area contributed by atoms with Gasteiger partial charge in [-0.25, -0.2) is 0 Å². The van der Waals surface area contributed by atoms with E-state index in [1.807, 2.05) is 24.3 Å². The zero-order valence-corrected chi connectivity index (χ0v) is 9.61. The number of ether oxygens (including phenoxy) is 2. The molecule has 1 aromatic rings. The van der Waals surface area contributed by atoms with E-state index in [1.165, 1.54) is 0 Å². The number of hydrogen-bond donors (Lipinski definition) is 0. The third-order valence-electron chi connectivity index (χ3n) is 2.82. The van der Waals surface area contributed by atoms with Crippen LogP contribution in [0.5, 0.6) is 5.75 Å². The summed E-state index contributed by atoms with van der Waals surface area (Å²) in [6, 6.07) is 8.00. The summed E-state index contributed by atoms with van der Waals surface area (Å²) < 4.78 is 10.5. The van der Waals surface area contributed by atoms with E-state index < -0.39 is 0 Å². The van der Waals surface area contributed by atoms with Crippen molar-refractivity contribution in [1.82, 2.24) is 4.90 Å². The molecule has 86 valence electrons. The van der Waals surface area contributed by atoms with Gasteiger partial charge in [0.25, 0.3) is 0 Å². The van der Waals surface area contributed by atoms with E-state index in [-0.39, 0.29) is 0 Å². The Morgan fingerprint density at radius 3 is 2.44 bits per heavy atom. The molecule has 0 aliphatic carbocycles. The molecule has 0 bridgehead atoms. The highest BCUT2D eigenvalue weighted by Crippen LogP contribution is 2.21. The molecule has 1 aliphatic heterocycles. The maximum atomic E-state index is 5.32. The monoisotopic (exact) mass is 219 g/mol. The first-order valence-electron chi connectivity index (χ1n) is 5.47. The average molecular weight is 219 g/mol. The Morgan fingerprint density at radius 2 is 1.88 bits per heavy atom. The third-order valence-corrected chi connectivity index (χ3v) is 2.82. The van der Waals surface area contributed by atoms with Crippen LogP contribution >= 0.6 is 0 Å². The highest BCUT2D eigenvalue weighted by atomic mass is 16.5. The summed E-state index contributed by atoms with van der Waals surface area (Å²) >= 11 is 0. The van der Waals surface area contributed by atoms with Crippen LogP contribution in [0.2, 0.25) is 0 Å². The first-order chi connectivity index (χ1) is 7.81. The summed E-state index contributed by atoms with van der Waals surface area (Å²) in [6.45, 7) is 7.55. The number of morpholine rings is 1. The van der Waals surface area contributed by atoms with E-state index in [2.05, 4.69) is 11.5 Å². The van der Waals surface area contributed by atoms with Crippen molar-refractivity contribution < 1.29 is 9.47 Å². The Labute approximate surface area is 96.3 Å². The number of methoxy groups -OCH3 is 1. The maximum absolute atomic E-state index is 5.32. The highest BCUT2D eigenvalue weighted by molar-refractivity contribution is 5.62. The molecule has 0 aromatic heterocycles. The quantitative estimate of drug-likeness (QED) is 0.776. The topological polar surface area (TPSA) is 21.7 Å². The van der Waals surface area contributed by atoms with Gasteiger partial charge in [-0.3, -0.25) is 0 Å².